The Balaban J connectivity index is 1.89. The minimum absolute atomic E-state index is 0.141. The van der Waals surface area contributed by atoms with E-state index in [2.05, 4.69) is 5.32 Å². The molecular weight excluding hydrogens is 242 g/mol. The van der Waals surface area contributed by atoms with E-state index in [0.717, 1.165) is 25.0 Å². The van der Waals surface area contributed by atoms with Gasteiger partial charge < -0.3 is 14.5 Å². The van der Waals surface area contributed by atoms with Crippen LogP contribution < -0.4 is 5.32 Å². The third-order valence-electron chi connectivity index (χ3n) is 2.90. The minimum atomic E-state index is -0.208. The number of amides is 1. The molecule has 17 heavy (non-hydrogen) atoms. The quantitative estimate of drug-likeness (QED) is 0.842. The molecule has 0 saturated carbocycles. The van der Waals surface area contributed by atoms with Gasteiger partial charge in [-0.05, 0) is 25.8 Å². The molecular formula is C12H16ClNO3. The standard InChI is InChI=1S/C12H16ClNO3/c1-8-9(6-13)5-11(17-8)12(15)14-7-10-3-2-4-16-10/h5,10H,2-4,6-7H2,1H3,(H,14,15). The Kier molecular flexibility index (Phi) is 4.07. The van der Waals surface area contributed by atoms with Gasteiger partial charge in [-0.25, -0.2) is 0 Å². The van der Waals surface area contributed by atoms with E-state index in [4.69, 9.17) is 20.8 Å². The van der Waals surface area contributed by atoms with Crippen LogP contribution in [0.3, 0.4) is 0 Å². The number of carbonyl (C=O) groups is 1. The Morgan fingerprint density at radius 1 is 1.65 bits per heavy atom. The lowest BCUT2D eigenvalue weighted by Crippen LogP contribution is -2.31. The summed E-state index contributed by atoms with van der Waals surface area (Å²) >= 11 is 5.72. The summed E-state index contributed by atoms with van der Waals surface area (Å²) in [6.45, 7) is 3.13. The van der Waals surface area contributed by atoms with E-state index in [1.54, 1.807) is 13.0 Å². The van der Waals surface area contributed by atoms with Crippen LogP contribution in [0.25, 0.3) is 0 Å². The highest BCUT2D eigenvalue weighted by Gasteiger charge is 2.18. The van der Waals surface area contributed by atoms with Gasteiger partial charge in [-0.2, -0.15) is 0 Å². The van der Waals surface area contributed by atoms with Crippen LogP contribution >= 0.6 is 11.6 Å². The number of hydrogen-bond acceptors (Lipinski definition) is 3. The molecule has 0 bridgehead atoms. The summed E-state index contributed by atoms with van der Waals surface area (Å²) < 4.78 is 10.8. The van der Waals surface area contributed by atoms with Crippen molar-refractivity contribution < 1.29 is 13.9 Å². The van der Waals surface area contributed by atoms with E-state index in [1.807, 2.05) is 0 Å². The maximum absolute atomic E-state index is 11.8. The van der Waals surface area contributed by atoms with Crippen LogP contribution in [-0.4, -0.2) is 25.2 Å². The number of aryl methyl sites for hydroxylation is 1. The molecule has 94 valence electrons. The Labute approximate surface area is 105 Å². The van der Waals surface area contributed by atoms with Crippen LogP contribution in [0.2, 0.25) is 0 Å². The molecule has 2 rings (SSSR count). The fraction of sp³-hybridized carbons (Fsp3) is 0.583. The summed E-state index contributed by atoms with van der Waals surface area (Å²) in [6, 6.07) is 1.69. The van der Waals surface area contributed by atoms with E-state index >= 15 is 0 Å². The van der Waals surface area contributed by atoms with Gasteiger partial charge in [0.1, 0.15) is 5.76 Å². The van der Waals surface area contributed by atoms with Crippen molar-refractivity contribution in [3.8, 4) is 0 Å². The number of halogens is 1. The fourth-order valence-corrected chi connectivity index (χ4v) is 2.13. The molecule has 1 aliphatic rings. The van der Waals surface area contributed by atoms with Crippen molar-refractivity contribution in [2.45, 2.75) is 31.7 Å². The average Bonchev–Trinajstić information content (AvgIpc) is 2.94. The SMILES string of the molecule is Cc1oc(C(=O)NCC2CCCO2)cc1CCl. The third-order valence-corrected chi connectivity index (χ3v) is 3.19. The molecule has 1 aromatic heterocycles. The topological polar surface area (TPSA) is 51.5 Å². The number of rotatable bonds is 4. The second-order valence-corrected chi connectivity index (χ2v) is 4.44. The van der Waals surface area contributed by atoms with Crippen LogP contribution in [-0.2, 0) is 10.6 Å². The van der Waals surface area contributed by atoms with Crippen molar-refractivity contribution >= 4 is 17.5 Å². The van der Waals surface area contributed by atoms with Gasteiger partial charge in [0.15, 0.2) is 5.76 Å². The minimum Gasteiger partial charge on any atom is -0.456 e. The first-order valence-electron chi connectivity index (χ1n) is 5.75. The Bertz CT molecular complexity index is 396. The molecule has 1 amide bonds. The maximum Gasteiger partial charge on any atom is 0.287 e. The highest BCUT2D eigenvalue weighted by atomic mass is 35.5. The second-order valence-electron chi connectivity index (χ2n) is 4.17. The van der Waals surface area contributed by atoms with E-state index in [9.17, 15) is 4.79 Å². The zero-order valence-corrected chi connectivity index (χ0v) is 10.5. The number of carbonyl (C=O) groups excluding carboxylic acids is 1. The van der Waals surface area contributed by atoms with Crippen LogP contribution in [0.5, 0.6) is 0 Å². The lowest BCUT2D eigenvalue weighted by atomic mass is 10.2. The van der Waals surface area contributed by atoms with Crippen LogP contribution in [0.4, 0.5) is 0 Å². The van der Waals surface area contributed by atoms with Gasteiger partial charge in [-0.1, -0.05) is 0 Å². The second kappa shape index (κ2) is 5.56. The molecule has 1 atom stereocenters. The van der Waals surface area contributed by atoms with E-state index < -0.39 is 0 Å². The molecule has 1 saturated heterocycles. The molecule has 1 fully saturated rings. The Morgan fingerprint density at radius 3 is 3.06 bits per heavy atom. The van der Waals surface area contributed by atoms with E-state index in [0.29, 0.717) is 23.9 Å². The lowest BCUT2D eigenvalue weighted by molar-refractivity contribution is 0.0834. The van der Waals surface area contributed by atoms with Crippen molar-refractivity contribution in [3.05, 3.63) is 23.2 Å². The summed E-state index contributed by atoms with van der Waals surface area (Å²) in [5, 5.41) is 2.80. The molecule has 0 radical (unpaired) electrons. The molecule has 0 aliphatic carbocycles. The zero-order valence-electron chi connectivity index (χ0n) is 9.79. The number of hydrogen-bond donors (Lipinski definition) is 1. The van der Waals surface area contributed by atoms with Crippen molar-refractivity contribution in [2.75, 3.05) is 13.2 Å². The molecule has 2 heterocycles. The van der Waals surface area contributed by atoms with Gasteiger partial charge in [-0.3, -0.25) is 4.79 Å². The fourth-order valence-electron chi connectivity index (χ4n) is 1.86. The monoisotopic (exact) mass is 257 g/mol. The molecule has 1 unspecified atom stereocenters. The van der Waals surface area contributed by atoms with Gasteiger partial charge in [0.05, 0.1) is 12.0 Å². The molecule has 1 aliphatic heterocycles. The predicted molar refractivity (Wildman–Crippen MR) is 64.3 cm³/mol. The summed E-state index contributed by atoms with van der Waals surface area (Å²) in [6.07, 6.45) is 2.21. The smallest absolute Gasteiger partial charge is 0.287 e. The summed E-state index contributed by atoms with van der Waals surface area (Å²) in [5.74, 6) is 1.16. The average molecular weight is 258 g/mol. The molecule has 4 nitrogen and oxygen atoms in total. The highest BCUT2D eigenvalue weighted by Crippen LogP contribution is 2.17. The van der Waals surface area contributed by atoms with Gasteiger partial charge in [0, 0.05) is 18.7 Å². The predicted octanol–water partition coefficient (Wildman–Crippen LogP) is 2.24. The van der Waals surface area contributed by atoms with Gasteiger partial charge in [0.25, 0.3) is 5.91 Å². The number of ether oxygens (including phenoxy) is 1. The summed E-state index contributed by atoms with van der Waals surface area (Å²) in [5.41, 5.74) is 0.855. The first kappa shape index (κ1) is 12.5. The molecule has 0 aromatic carbocycles. The molecule has 1 aromatic rings. The largest absolute Gasteiger partial charge is 0.456 e. The van der Waals surface area contributed by atoms with Gasteiger partial charge in [-0.15, -0.1) is 11.6 Å². The number of furan rings is 1. The summed E-state index contributed by atoms with van der Waals surface area (Å²) in [4.78, 5) is 11.8. The Morgan fingerprint density at radius 2 is 2.47 bits per heavy atom. The van der Waals surface area contributed by atoms with E-state index in [-0.39, 0.29) is 12.0 Å². The highest BCUT2D eigenvalue weighted by molar-refractivity contribution is 6.17. The van der Waals surface area contributed by atoms with Gasteiger partial charge in [0.2, 0.25) is 0 Å². The number of alkyl halides is 1. The number of nitrogens with one attached hydrogen (secondary N) is 1. The van der Waals surface area contributed by atoms with E-state index in [1.165, 1.54) is 0 Å². The van der Waals surface area contributed by atoms with Crippen LogP contribution in [0.15, 0.2) is 10.5 Å². The molecule has 1 N–H and O–H groups in total. The summed E-state index contributed by atoms with van der Waals surface area (Å²) in [7, 11) is 0. The third kappa shape index (κ3) is 3.01. The van der Waals surface area contributed by atoms with Crippen molar-refractivity contribution in [3.63, 3.8) is 0 Å². The molecule has 0 spiro atoms. The Hall–Kier alpha value is -1.00. The van der Waals surface area contributed by atoms with Crippen LogP contribution in [0.1, 0.15) is 34.7 Å². The van der Waals surface area contributed by atoms with Gasteiger partial charge >= 0.3 is 0 Å². The lowest BCUT2D eigenvalue weighted by Gasteiger charge is -2.09. The van der Waals surface area contributed by atoms with Crippen molar-refractivity contribution in [2.24, 2.45) is 0 Å². The molecule has 5 heteroatoms. The van der Waals surface area contributed by atoms with Crippen molar-refractivity contribution in [1.82, 2.24) is 5.32 Å². The zero-order chi connectivity index (χ0) is 12.3. The van der Waals surface area contributed by atoms with Crippen LogP contribution in [0, 0.1) is 6.92 Å². The maximum atomic E-state index is 11.8. The van der Waals surface area contributed by atoms with Crippen molar-refractivity contribution in [1.29, 1.82) is 0 Å². The normalized spacial score (nSPS) is 19.5. The first-order chi connectivity index (χ1) is 8.20. The first-order valence-corrected chi connectivity index (χ1v) is 6.29.